The van der Waals surface area contributed by atoms with Gasteiger partial charge in [-0.3, -0.25) is 38.6 Å². The first kappa shape index (κ1) is 50.3. The number of benzene rings is 6. The van der Waals surface area contributed by atoms with Crippen LogP contribution in [0.25, 0.3) is 0 Å². The Hall–Kier alpha value is -7.54. The zero-order chi connectivity index (χ0) is 49.9. The van der Waals surface area contributed by atoms with E-state index in [4.69, 9.17) is 0 Å². The van der Waals surface area contributed by atoms with Crippen LogP contribution in [-0.4, -0.2) is 132 Å². The van der Waals surface area contributed by atoms with Crippen LogP contribution < -0.4 is 0 Å². The molecule has 70 heavy (non-hydrogen) atoms. The molecule has 6 aromatic carbocycles. The van der Waals surface area contributed by atoms with Crippen LogP contribution in [0, 0.1) is 23.7 Å². The van der Waals surface area contributed by atoms with E-state index in [2.05, 4.69) is 0 Å². The first-order valence-corrected chi connectivity index (χ1v) is 23.5. The van der Waals surface area contributed by atoms with Crippen molar-refractivity contribution in [2.75, 3.05) is 67.5 Å². The molecule has 0 spiro atoms. The minimum absolute atomic E-state index is 0.0621. The van der Waals surface area contributed by atoms with E-state index in [1.54, 1.807) is 113 Å². The summed E-state index contributed by atoms with van der Waals surface area (Å²) in [6.07, 6.45) is 0. The number of aromatic hydroxyl groups is 2. The highest BCUT2D eigenvalue weighted by Gasteiger charge is 2.47. The Kier molecular flexibility index (Phi) is 16.7. The number of carbonyl (C=O) groups excluding carboxylic acids is 6. The maximum atomic E-state index is 13.8. The first-order chi connectivity index (χ1) is 33.7. The molecular weight excluding hydrogens is 881 g/mol. The number of likely N-dealkylation sites (N-methyl/N-ethyl adjacent to an activating group) is 2. The molecule has 2 amide bonds. The average Bonchev–Trinajstić information content (AvgIpc) is 3.38. The zero-order valence-corrected chi connectivity index (χ0v) is 40.0. The van der Waals surface area contributed by atoms with Crippen LogP contribution in [0.3, 0.4) is 0 Å². The van der Waals surface area contributed by atoms with Crippen molar-refractivity contribution in [1.82, 2.24) is 19.6 Å². The second-order valence-electron chi connectivity index (χ2n) is 18.5. The molecule has 2 fully saturated rings. The molecule has 0 aromatic heterocycles. The van der Waals surface area contributed by atoms with Gasteiger partial charge in [-0.2, -0.15) is 0 Å². The number of nitrogens with zero attached hydrogens (tertiary/aromatic N) is 4. The molecule has 12 nitrogen and oxygen atoms in total. The normalized spacial score (nSPS) is 20.2. The van der Waals surface area contributed by atoms with Crippen LogP contribution in [0.2, 0.25) is 0 Å². The predicted octanol–water partition coefficient (Wildman–Crippen LogP) is 7.76. The molecule has 0 aliphatic carbocycles. The van der Waals surface area contributed by atoms with Gasteiger partial charge in [-0.05, 0) is 29.3 Å². The summed E-state index contributed by atoms with van der Waals surface area (Å²) in [5.74, 6) is -3.76. The molecule has 2 N–H and O–H groups in total. The summed E-state index contributed by atoms with van der Waals surface area (Å²) in [5.41, 5.74) is 3.54. The summed E-state index contributed by atoms with van der Waals surface area (Å²) in [6.45, 7) is 1.53. The van der Waals surface area contributed by atoms with Gasteiger partial charge in [0.15, 0.2) is 23.1 Å². The van der Waals surface area contributed by atoms with Crippen molar-refractivity contribution >= 4 is 34.9 Å². The molecule has 4 atom stereocenters. The lowest BCUT2D eigenvalue weighted by atomic mass is 9.68. The molecule has 360 valence electrons. The van der Waals surface area contributed by atoms with Gasteiger partial charge < -0.3 is 20.0 Å². The van der Waals surface area contributed by atoms with Crippen molar-refractivity contribution in [3.05, 3.63) is 203 Å². The molecule has 6 aromatic rings. The Morgan fingerprint density at radius 1 is 0.429 bits per heavy atom. The molecule has 0 saturated carbocycles. The number of carbonyl (C=O) groups is 6. The number of hydrogen-bond donors (Lipinski definition) is 2. The number of likely N-dealkylation sites (tertiary alicyclic amines) is 2. The van der Waals surface area contributed by atoms with Gasteiger partial charge in [-0.15, -0.1) is 0 Å². The van der Waals surface area contributed by atoms with Gasteiger partial charge in [0.2, 0.25) is 11.8 Å². The standard InChI is InChI=1S/2C29H30N2O4/c1-30(2)26(33)19-31-17-23(28(34)20-11-5-3-6-12-20)27(22-15-9-10-16-25(22)32)24(18-31)29(35)21-13-7-4-8-14-21;1-30(2)26(33)19-31-17-24(28(34)20-10-5-3-6-11-20)27(22-14-9-15-23(32)16-22)25(18-31)29(35)21-12-7-4-8-13-21/h3-16,23-24,27,32H,17-19H2,1-2H3;3-16,24-25,27,32H,17-19H2,1-2H3. The van der Waals surface area contributed by atoms with E-state index >= 15 is 0 Å². The Morgan fingerprint density at radius 2 is 0.757 bits per heavy atom. The SMILES string of the molecule is CN(C)C(=O)CN1CC(C(=O)c2ccccc2)C(c2cccc(O)c2)C(C(=O)c2ccccc2)C1.CN(C)C(=O)CN1CC(C(=O)c2ccccc2)C(c2ccccc2O)C(C(=O)c2ccccc2)C1. The van der Waals surface area contributed by atoms with Gasteiger partial charge in [-0.1, -0.05) is 152 Å². The third kappa shape index (κ3) is 12.0. The Labute approximate surface area is 409 Å². The molecule has 2 saturated heterocycles. The molecule has 2 heterocycles. The third-order valence-corrected chi connectivity index (χ3v) is 13.4. The number of piperidine rings is 2. The van der Waals surface area contributed by atoms with E-state index in [0.717, 1.165) is 5.56 Å². The van der Waals surface area contributed by atoms with Gasteiger partial charge in [0.05, 0.1) is 13.1 Å². The van der Waals surface area contributed by atoms with Crippen LogP contribution in [0.4, 0.5) is 0 Å². The van der Waals surface area contributed by atoms with Crippen molar-refractivity contribution in [2.24, 2.45) is 23.7 Å². The zero-order valence-electron chi connectivity index (χ0n) is 40.0. The second kappa shape index (κ2) is 23.2. The number of amides is 2. The molecule has 0 radical (unpaired) electrons. The van der Waals surface area contributed by atoms with Crippen LogP contribution in [0.1, 0.15) is 64.4 Å². The fourth-order valence-corrected chi connectivity index (χ4v) is 9.85. The minimum atomic E-state index is -0.618. The summed E-state index contributed by atoms with van der Waals surface area (Å²) in [7, 11) is 6.77. The largest absolute Gasteiger partial charge is 0.508 e. The van der Waals surface area contributed by atoms with E-state index < -0.39 is 35.5 Å². The molecule has 2 aliphatic heterocycles. The van der Waals surface area contributed by atoms with E-state index in [1.807, 2.05) is 94.7 Å². The lowest BCUT2D eigenvalue weighted by Gasteiger charge is -2.43. The number of rotatable bonds is 14. The highest BCUT2D eigenvalue weighted by atomic mass is 16.3. The number of Topliss-reactive ketones (excluding diaryl/α,β-unsaturated/α-hetero) is 4. The van der Waals surface area contributed by atoms with Crippen LogP contribution in [0.5, 0.6) is 11.5 Å². The molecule has 0 bridgehead atoms. The number of phenolic OH excluding ortho intramolecular Hbond substituents is 2. The molecule has 2 aliphatic rings. The smallest absolute Gasteiger partial charge is 0.236 e. The summed E-state index contributed by atoms with van der Waals surface area (Å²) in [4.78, 5) is 87.4. The molecule has 12 heteroatoms. The van der Waals surface area contributed by atoms with Crippen LogP contribution in [0.15, 0.2) is 170 Å². The summed E-state index contributed by atoms with van der Waals surface area (Å²) < 4.78 is 0. The number of para-hydroxylation sites is 1. The highest BCUT2D eigenvalue weighted by Crippen LogP contribution is 2.44. The number of phenols is 2. The van der Waals surface area contributed by atoms with Crippen molar-refractivity contribution in [2.45, 2.75) is 11.8 Å². The Morgan fingerprint density at radius 3 is 1.09 bits per heavy atom. The summed E-state index contributed by atoms with van der Waals surface area (Å²) >= 11 is 0. The van der Waals surface area contributed by atoms with Crippen molar-refractivity contribution in [3.8, 4) is 11.5 Å². The van der Waals surface area contributed by atoms with E-state index in [1.165, 1.54) is 9.80 Å². The predicted molar refractivity (Wildman–Crippen MR) is 269 cm³/mol. The second-order valence-corrected chi connectivity index (χ2v) is 18.5. The maximum absolute atomic E-state index is 13.8. The Bertz CT molecular complexity index is 2650. The van der Waals surface area contributed by atoms with Crippen molar-refractivity contribution in [1.29, 1.82) is 0 Å². The molecule has 4 unspecified atom stereocenters. The highest BCUT2D eigenvalue weighted by molar-refractivity contribution is 6.03. The third-order valence-electron chi connectivity index (χ3n) is 13.4. The van der Waals surface area contributed by atoms with Crippen molar-refractivity contribution < 1.29 is 39.0 Å². The van der Waals surface area contributed by atoms with E-state index in [-0.39, 0.29) is 59.5 Å². The number of ketones is 4. The van der Waals surface area contributed by atoms with E-state index in [9.17, 15) is 39.0 Å². The van der Waals surface area contributed by atoms with Crippen LogP contribution >= 0.6 is 0 Å². The number of hydrogen-bond acceptors (Lipinski definition) is 10. The van der Waals surface area contributed by atoms with Gasteiger partial charge in [0.1, 0.15) is 11.5 Å². The lowest BCUT2D eigenvalue weighted by Crippen LogP contribution is -2.52. The quantitative estimate of drug-likeness (QED) is 0.104. The van der Waals surface area contributed by atoms with Gasteiger partial charge >= 0.3 is 0 Å². The molecular formula is C58H60N4O8. The topological polar surface area (TPSA) is 156 Å². The Balaban J connectivity index is 0.000000206. The van der Waals surface area contributed by atoms with Gasteiger partial charge in [0, 0.05) is 112 Å². The summed E-state index contributed by atoms with van der Waals surface area (Å²) in [6, 6.07) is 49.8. The monoisotopic (exact) mass is 940 g/mol. The van der Waals surface area contributed by atoms with Crippen molar-refractivity contribution in [3.63, 3.8) is 0 Å². The average molecular weight is 941 g/mol. The van der Waals surface area contributed by atoms with Gasteiger partial charge in [-0.25, -0.2) is 0 Å². The van der Waals surface area contributed by atoms with E-state index in [0.29, 0.717) is 54.0 Å². The van der Waals surface area contributed by atoms with Gasteiger partial charge in [0.25, 0.3) is 0 Å². The summed E-state index contributed by atoms with van der Waals surface area (Å²) in [5, 5.41) is 21.0. The fourth-order valence-electron chi connectivity index (χ4n) is 9.85. The molecule has 8 rings (SSSR count). The fraction of sp³-hybridized carbons (Fsp3) is 0.276. The lowest BCUT2D eigenvalue weighted by molar-refractivity contribution is -0.131. The maximum Gasteiger partial charge on any atom is 0.236 e. The minimum Gasteiger partial charge on any atom is -0.508 e. The first-order valence-electron chi connectivity index (χ1n) is 23.5. The van der Waals surface area contributed by atoms with Crippen LogP contribution in [-0.2, 0) is 9.59 Å².